The summed E-state index contributed by atoms with van der Waals surface area (Å²) in [7, 11) is 0. The van der Waals surface area contributed by atoms with E-state index in [-0.39, 0.29) is 14.7 Å². The van der Waals surface area contributed by atoms with Gasteiger partial charge in [0.05, 0.1) is 10.6 Å². The minimum absolute atomic E-state index is 0. The maximum atomic E-state index is 13.2. The average molecular weight is 576 g/mol. The molecule has 0 spiro atoms. The van der Waals surface area contributed by atoms with Crippen LogP contribution in [0.2, 0.25) is 0 Å². The van der Waals surface area contributed by atoms with Gasteiger partial charge in [0.2, 0.25) is 0 Å². The molecule has 1 saturated heterocycles. The molecule has 0 saturated carbocycles. The first-order valence-electron chi connectivity index (χ1n) is 13.9. The third-order valence-corrected chi connectivity index (χ3v) is 8.55. The van der Waals surface area contributed by atoms with Gasteiger partial charge in [0.25, 0.3) is 11.8 Å². The number of hydrogen-bond acceptors (Lipinski definition) is 8. The van der Waals surface area contributed by atoms with Gasteiger partial charge in [-0.25, -0.2) is 4.98 Å². The minimum Gasteiger partial charge on any atom is -0.486 e. The van der Waals surface area contributed by atoms with Crippen molar-refractivity contribution < 1.29 is 21.9 Å². The Kier molecular flexibility index (Phi) is 7.86. The number of rotatable bonds is 7. The molecule has 2 aliphatic rings. The fourth-order valence-electron chi connectivity index (χ4n) is 5.05. The number of fused-ring (bicyclic) bond motifs is 2. The highest BCUT2D eigenvalue weighted by Crippen LogP contribution is 2.31. The Balaban J connectivity index is 0.00000212. The first-order valence-corrected chi connectivity index (χ1v) is 14.7. The Labute approximate surface area is 246 Å². The number of nitrogens with zero attached hydrogens (tertiary/aromatic N) is 3. The second kappa shape index (κ2) is 11.9. The number of amides is 2. The Morgan fingerprint density at radius 1 is 0.902 bits per heavy atom. The second-order valence-electron chi connectivity index (χ2n) is 10.3. The van der Waals surface area contributed by atoms with E-state index in [9.17, 15) is 9.59 Å². The maximum Gasteiger partial charge on any atom is 0.265 e. The van der Waals surface area contributed by atoms with Crippen LogP contribution < -0.4 is 20.1 Å². The predicted octanol–water partition coefficient (Wildman–Crippen LogP) is 5.51. The molecule has 216 valence electrons. The zero-order chi connectivity index (χ0) is 28.3. The predicted molar refractivity (Wildman–Crippen MR) is 166 cm³/mol. The van der Waals surface area contributed by atoms with Gasteiger partial charge in [-0.3, -0.25) is 14.5 Å². The van der Waals surface area contributed by atoms with E-state index in [1.54, 1.807) is 24.3 Å². The lowest BCUT2D eigenvalue weighted by Crippen LogP contribution is -2.45. The number of aromatic nitrogens is 1. The van der Waals surface area contributed by atoms with Crippen LogP contribution in [-0.4, -0.2) is 72.5 Å². The summed E-state index contributed by atoms with van der Waals surface area (Å²) in [5, 5.41) is 6.88. The van der Waals surface area contributed by atoms with Crippen LogP contribution in [0.5, 0.6) is 11.5 Å². The van der Waals surface area contributed by atoms with Gasteiger partial charge in [-0.1, -0.05) is 19.1 Å². The fourth-order valence-corrected chi connectivity index (χ4v) is 6.00. The lowest BCUT2D eigenvalue weighted by molar-refractivity contribution is 0.102. The van der Waals surface area contributed by atoms with Crippen molar-refractivity contribution in [2.75, 3.05) is 56.6 Å². The summed E-state index contributed by atoms with van der Waals surface area (Å²) >= 11 is 1.39. The van der Waals surface area contributed by atoms with E-state index in [0.29, 0.717) is 46.5 Å². The van der Waals surface area contributed by atoms with Gasteiger partial charge < -0.3 is 25.0 Å². The summed E-state index contributed by atoms with van der Waals surface area (Å²) in [6.45, 7) is 11.2. The molecule has 4 heterocycles. The zero-order valence-corrected chi connectivity index (χ0v) is 24.1. The maximum absolute atomic E-state index is 13.2. The summed E-state index contributed by atoms with van der Waals surface area (Å²) in [6, 6.07) is 16.6. The number of piperazine rings is 1. The number of likely N-dealkylation sites (N-methyl/N-ethyl adjacent to an activating group) is 1. The summed E-state index contributed by atoms with van der Waals surface area (Å²) in [6.07, 6.45) is 0. The number of hydrogen-bond donors (Lipinski definition) is 2. The Morgan fingerprint density at radius 2 is 1.68 bits per heavy atom. The highest BCUT2D eigenvalue weighted by atomic mass is 32.1. The van der Waals surface area contributed by atoms with E-state index >= 15 is 0 Å². The monoisotopic (exact) mass is 575 g/mol. The summed E-state index contributed by atoms with van der Waals surface area (Å²) in [4.78, 5) is 37.4. The molecule has 0 radical (unpaired) electrons. The molecule has 4 aromatic rings. The van der Waals surface area contributed by atoms with E-state index in [1.165, 1.54) is 11.3 Å². The van der Waals surface area contributed by atoms with Gasteiger partial charge in [0, 0.05) is 57.9 Å². The number of carbonyl (C=O) groups is 2. The normalized spacial score (nSPS) is 15.6. The minimum atomic E-state index is -0.276. The van der Waals surface area contributed by atoms with Crippen LogP contribution in [0.15, 0.2) is 54.6 Å². The number of thiophene rings is 1. The molecule has 2 amide bonds. The first-order chi connectivity index (χ1) is 19.9. The number of ether oxygens (including phenoxy) is 2. The molecule has 0 bridgehead atoms. The van der Waals surface area contributed by atoms with Gasteiger partial charge in [-0.15, -0.1) is 11.3 Å². The molecule has 0 atom stereocenters. The number of carbonyl (C=O) groups excluding carboxylic acids is 2. The largest absolute Gasteiger partial charge is 0.486 e. The molecule has 2 aromatic carbocycles. The summed E-state index contributed by atoms with van der Waals surface area (Å²) in [5.74, 6) is 0.706. The van der Waals surface area contributed by atoms with Gasteiger partial charge in [0.1, 0.15) is 18.0 Å². The molecule has 2 N–H and O–H groups in total. The second-order valence-corrected chi connectivity index (χ2v) is 11.3. The molecule has 0 aliphatic carbocycles. The molecule has 41 heavy (non-hydrogen) atoms. The standard InChI is InChI=1S/C31H33N5O4S.2H2/c1-3-35-10-12-36(13-11-35)19-24-8-5-22-17-28(41-31(22)33-24)30(38)34-25-18-23(7-4-20(25)2)32-29(37)21-6-9-26-27(16-21)40-15-14-39-26;;/h4-9,16-18H,3,10-15,19H2,1-2H3,(H,32,37)(H,34,38);2*1H. The molecule has 6 rings (SSSR count). The average Bonchev–Trinajstić information content (AvgIpc) is 3.43. The molecule has 1 fully saturated rings. The van der Waals surface area contributed by atoms with Crippen molar-refractivity contribution in [3.05, 3.63) is 76.3 Å². The van der Waals surface area contributed by atoms with E-state index < -0.39 is 0 Å². The van der Waals surface area contributed by atoms with Crippen LogP contribution in [0.1, 0.15) is 41.1 Å². The van der Waals surface area contributed by atoms with Crippen molar-refractivity contribution in [2.45, 2.75) is 20.4 Å². The SMILES string of the molecule is CCN1CCN(Cc2ccc3cc(C(=O)Nc4cc(NC(=O)c5ccc6c(c5)OCCO6)ccc4C)sc3n2)CC1.[HH].[HH]. The molecular formula is C31H37N5O4S. The van der Waals surface area contributed by atoms with Crippen molar-refractivity contribution >= 4 is 44.7 Å². The highest BCUT2D eigenvalue weighted by molar-refractivity contribution is 7.20. The third-order valence-electron chi connectivity index (χ3n) is 7.51. The highest BCUT2D eigenvalue weighted by Gasteiger charge is 2.19. The fraction of sp³-hybridized carbons (Fsp3) is 0.323. The van der Waals surface area contributed by atoms with E-state index in [4.69, 9.17) is 14.5 Å². The molecule has 10 heteroatoms. The van der Waals surface area contributed by atoms with Crippen molar-refractivity contribution in [1.82, 2.24) is 14.8 Å². The molecule has 0 unspecified atom stereocenters. The van der Waals surface area contributed by atoms with Crippen molar-refractivity contribution in [3.8, 4) is 11.5 Å². The lowest BCUT2D eigenvalue weighted by Gasteiger charge is -2.33. The summed E-state index contributed by atoms with van der Waals surface area (Å²) < 4.78 is 11.1. The molecule has 9 nitrogen and oxygen atoms in total. The number of pyridine rings is 1. The van der Waals surface area contributed by atoms with E-state index in [0.717, 1.165) is 60.7 Å². The zero-order valence-electron chi connectivity index (χ0n) is 23.2. The van der Waals surface area contributed by atoms with Gasteiger partial charge in [-0.2, -0.15) is 0 Å². The van der Waals surface area contributed by atoms with Crippen LogP contribution in [0.3, 0.4) is 0 Å². The quantitative estimate of drug-likeness (QED) is 0.300. The third kappa shape index (κ3) is 6.19. The number of benzene rings is 2. The van der Waals surface area contributed by atoms with Crippen LogP contribution in [0, 0.1) is 6.92 Å². The lowest BCUT2D eigenvalue weighted by atomic mass is 10.1. The van der Waals surface area contributed by atoms with Crippen LogP contribution >= 0.6 is 11.3 Å². The van der Waals surface area contributed by atoms with Gasteiger partial charge in [0.15, 0.2) is 11.5 Å². The number of nitrogens with one attached hydrogen (secondary N) is 2. The number of anilines is 2. The van der Waals surface area contributed by atoms with Gasteiger partial charge in [-0.05, 0) is 61.5 Å². The Bertz CT molecular complexity index is 1610. The Morgan fingerprint density at radius 3 is 2.49 bits per heavy atom. The van der Waals surface area contributed by atoms with Crippen LogP contribution in [0.4, 0.5) is 11.4 Å². The van der Waals surface area contributed by atoms with Crippen molar-refractivity contribution in [1.29, 1.82) is 0 Å². The number of aryl methyl sites for hydroxylation is 1. The van der Waals surface area contributed by atoms with E-state index in [2.05, 4.69) is 33.4 Å². The summed E-state index contributed by atoms with van der Waals surface area (Å²) in [5.41, 5.74) is 3.58. The first kappa shape index (κ1) is 27.2. The van der Waals surface area contributed by atoms with Crippen molar-refractivity contribution in [3.63, 3.8) is 0 Å². The molecular weight excluding hydrogens is 538 g/mol. The van der Waals surface area contributed by atoms with Gasteiger partial charge >= 0.3 is 0 Å². The smallest absolute Gasteiger partial charge is 0.265 e. The van der Waals surface area contributed by atoms with Crippen LogP contribution in [0.25, 0.3) is 10.2 Å². The van der Waals surface area contributed by atoms with Crippen molar-refractivity contribution in [2.24, 2.45) is 0 Å². The molecule has 2 aliphatic heterocycles. The van der Waals surface area contributed by atoms with Crippen LogP contribution in [-0.2, 0) is 6.54 Å². The Hall–Kier alpha value is -3.99. The van der Waals surface area contributed by atoms with E-state index in [1.807, 2.05) is 31.2 Å². The molecule has 2 aromatic heterocycles. The topological polar surface area (TPSA) is 96.0 Å².